The highest BCUT2D eigenvalue weighted by molar-refractivity contribution is 6.41. The van der Waals surface area contributed by atoms with Gasteiger partial charge in [-0.15, -0.1) is 0 Å². The number of carbonyl (C=O) groups excluding carboxylic acids is 2. The molecule has 2 aromatic rings. The summed E-state index contributed by atoms with van der Waals surface area (Å²) in [5.74, 6) is -0.990. The number of aryl methyl sites for hydroxylation is 2. The molecule has 0 aliphatic carbocycles. The largest absolute Gasteiger partial charge is 0.465 e. The number of ketones is 1. The molecule has 110 valence electrons. The maximum atomic E-state index is 12.8. The van der Waals surface area contributed by atoms with Gasteiger partial charge in [0.05, 0.1) is 33.8 Å². The Balaban J connectivity index is 2.67. The molecule has 4 nitrogen and oxygen atoms in total. The average molecular weight is 326 g/mol. The van der Waals surface area contributed by atoms with Gasteiger partial charge in [0.15, 0.2) is 5.78 Å². The number of benzene rings is 1. The molecule has 0 aliphatic heterocycles. The van der Waals surface area contributed by atoms with E-state index >= 15 is 0 Å². The van der Waals surface area contributed by atoms with Crippen molar-refractivity contribution in [1.29, 1.82) is 0 Å². The molecule has 0 atom stereocenters. The van der Waals surface area contributed by atoms with Crippen LogP contribution in [0.3, 0.4) is 0 Å². The number of esters is 1. The molecule has 2 rings (SSSR count). The van der Waals surface area contributed by atoms with E-state index in [0.717, 1.165) is 0 Å². The Bertz CT molecular complexity index is 715. The van der Waals surface area contributed by atoms with Gasteiger partial charge < -0.3 is 9.72 Å². The van der Waals surface area contributed by atoms with E-state index in [1.54, 1.807) is 32.0 Å². The van der Waals surface area contributed by atoms with E-state index in [1.807, 2.05) is 0 Å². The first-order valence-corrected chi connectivity index (χ1v) is 6.90. The lowest BCUT2D eigenvalue weighted by Gasteiger charge is -2.08. The van der Waals surface area contributed by atoms with E-state index in [-0.39, 0.29) is 26.7 Å². The SMILES string of the molecule is COC(=O)c1c(C)[nH]c(C)c1C(=O)c1c(Cl)cccc1Cl. The lowest BCUT2D eigenvalue weighted by Crippen LogP contribution is -2.12. The zero-order valence-electron chi connectivity index (χ0n) is 11.7. The van der Waals surface area contributed by atoms with Gasteiger partial charge in [-0.1, -0.05) is 29.3 Å². The van der Waals surface area contributed by atoms with Crippen molar-refractivity contribution in [3.63, 3.8) is 0 Å². The van der Waals surface area contributed by atoms with Crippen molar-refractivity contribution in [3.05, 3.63) is 56.3 Å². The number of methoxy groups -OCH3 is 1. The molecule has 0 aliphatic rings. The van der Waals surface area contributed by atoms with Crippen LogP contribution in [0.15, 0.2) is 18.2 Å². The van der Waals surface area contributed by atoms with E-state index < -0.39 is 11.8 Å². The summed E-state index contributed by atoms with van der Waals surface area (Å²) in [4.78, 5) is 27.7. The first kappa shape index (κ1) is 15.6. The fraction of sp³-hybridized carbons (Fsp3) is 0.200. The Morgan fingerprint density at radius 3 is 2.05 bits per heavy atom. The van der Waals surface area contributed by atoms with Crippen LogP contribution >= 0.6 is 23.2 Å². The summed E-state index contributed by atoms with van der Waals surface area (Å²) in [7, 11) is 1.26. The van der Waals surface area contributed by atoms with Crippen molar-refractivity contribution in [1.82, 2.24) is 4.98 Å². The number of nitrogens with one attached hydrogen (secondary N) is 1. The van der Waals surface area contributed by atoms with Gasteiger partial charge >= 0.3 is 5.97 Å². The highest BCUT2D eigenvalue weighted by Crippen LogP contribution is 2.30. The van der Waals surface area contributed by atoms with Crippen LogP contribution in [-0.4, -0.2) is 23.8 Å². The number of H-pyrrole nitrogens is 1. The van der Waals surface area contributed by atoms with Gasteiger partial charge in [-0.05, 0) is 26.0 Å². The van der Waals surface area contributed by atoms with Crippen LogP contribution in [0.4, 0.5) is 0 Å². The molecule has 21 heavy (non-hydrogen) atoms. The van der Waals surface area contributed by atoms with Gasteiger partial charge in [0.1, 0.15) is 0 Å². The summed E-state index contributed by atoms with van der Waals surface area (Å²) in [6.07, 6.45) is 0. The fourth-order valence-corrected chi connectivity index (χ4v) is 2.83. The molecular formula is C15H13Cl2NO3. The quantitative estimate of drug-likeness (QED) is 0.686. The molecule has 0 bridgehead atoms. The first-order valence-electron chi connectivity index (χ1n) is 6.14. The molecule has 1 aromatic carbocycles. The Hall–Kier alpha value is -1.78. The molecule has 0 saturated heterocycles. The maximum Gasteiger partial charge on any atom is 0.340 e. The molecule has 1 aromatic heterocycles. The Morgan fingerprint density at radius 1 is 1.00 bits per heavy atom. The number of aromatic nitrogens is 1. The second-order valence-electron chi connectivity index (χ2n) is 4.54. The van der Waals surface area contributed by atoms with E-state index in [9.17, 15) is 9.59 Å². The van der Waals surface area contributed by atoms with Crippen molar-refractivity contribution in [3.8, 4) is 0 Å². The van der Waals surface area contributed by atoms with E-state index in [0.29, 0.717) is 11.4 Å². The predicted octanol–water partition coefficient (Wildman–Crippen LogP) is 3.96. The van der Waals surface area contributed by atoms with E-state index in [2.05, 4.69) is 4.98 Å². The summed E-state index contributed by atoms with van der Waals surface area (Å²) in [5, 5.41) is 0.475. The Morgan fingerprint density at radius 2 is 1.52 bits per heavy atom. The Kier molecular flexibility index (Phi) is 4.40. The molecule has 1 heterocycles. The van der Waals surface area contributed by atoms with Gasteiger partial charge in [-0.25, -0.2) is 4.79 Å². The number of aromatic amines is 1. The van der Waals surface area contributed by atoms with Crippen LogP contribution in [0, 0.1) is 13.8 Å². The van der Waals surface area contributed by atoms with Crippen LogP contribution in [0.1, 0.15) is 37.7 Å². The summed E-state index contributed by atoms with van der Waals surface area (Å²) >= 11 is 12.1. The van der Waals surface area contributed by atoms with Crippen molar-refractivity contribution in [2.75, 3.05) is 7.11 Å². The van der Waals surface area contributed by atoms with Gasteiger partial charge in [0.25, 0.3) is 0 Å². The molecule has 0 fully saturated rings. The third kappa shape index (κ3) is 2.69. The van der Waals surface area contributed by atoms with Crippen molar-refractivity contribution >= 4 is 35.0 Å². The minimum Gasteiger partial charge on any atom is -0.465 e. The lowest BCUT2D eigenvalue weighted by molar-refractivity contribution is 0.0597. The molecule has 0 radical (unpaired) electrons. The summed E-state index contributed by atoms with van der Waals surface area (Å²) in [5.41, 5.74) is 1.73. The number of hydrogen-bond donors (Lipinski definition) is 1. The van der Waals surface area contributed by atoms with Crippen molar-refractivity contribution in [2.24, 2.45) is 0 Å². The number of hydrogen-bond acceptors (Lipinski definition) is 3. The highest BCUT2D eigenvalue weighted by atomic mass is 35.5. The second kappa shape index (κ2) is 5.92. The van der Waals surface area contributed by atoms with Gasteiger partial charge in [0, 0.05) is 11.4 Å². The summed E-state index contributed by atoms with van der Waals surface area (Å²) < 4.78 is 4.74. The second-order valence-corrected chi connectivity index (χ2v) is 5.36. The van der Waals surface area contributed by atoms with E-state index in [1.165, 1.54) is 7.11 Å². The zero-order chi connectivity index (χ0) is 15.7. The minimum absolute atomic E-state index is 0.174. The predicted molar refractivity (Wildman–Crippen MR) is 81.5 cm³/mol. The van der Waals surface area contributed by atoms with Crippen molar-refractivity contribution < 1.29 is 14.3 Å². The van der Waals surface area contributed by atoms with Gasteiger partial charge in [-0.2, -0.15) is 0 Å². The lowest BCUT2D eigenvalue weighted by atomic mass is 9.99. The van der Waals surface area contributed by atoms with E-state index in [4.69, 9.17) is 27.9 Å². The monoisotopic (exact) mass is 325 g/mol. The number of halogens is 2. The van der Waals surface area contributed by atoms with Crippen LogP contribution < -0.4 is 0 Å². The van der Waals surface area contributed by atoms with Crippen molar-refractivity contribution in [2.45, 2.75) is 13.8 Å². The smallest absolute Gasteiger partial charge is 0.340 e. The third-order valence-corrected chi connectivity index (χ3v) is 3.81. The Labute approximate surface area is 132 Å². The number of rotatable bonds is 3. The highest BCUT2D eigenvalue weighted by Gasteiger charge is 2.28. The third-order valence-electron chi connectivity index (χ3n) is 3.18. The molecule has 1 N–H and O–H groups in total. The number of ether oxygens (including phenoxy) is 1. The molecule has 0 amide bonds. The van der Waals surface area contributed by atoms with Crippen LogP contribution in [0.2, 0.25) is 10.0 Å². The topological polar surface area (TPSA) is 59.2 Å². The minimum atomic E-state index is -0.580. The van der Waals surface area contributed by atoms with Gasteiger partial charge in [-0.3, -0.25) is 4.79 Å². The van der Waals surface area contributed by atoms with Crippen LogP contribution in [0.25, 0.3) is 0 Å². The summed E-state index contributed by atoms with van der Waals surface area (Å²) in [6, 6.07) is 4.80. The first-order chi connectivity index (χ1) is 9.88. The van der Waals surface area contributed by atoms with Crippen LogP contribution in [0.5, 0.6) is 0 Å². The summed E-state index contributed by atoms with van der Waals surface area (Å²) in [6.45, 7) is 3.40. The van der Waals surface area contributed by atoms with Gasteiger partial charge in [0.2, 0.25) is 0 Å². The molecule has 0 unspecified atom stereocenters. The zero-order valence-corrected chi connectivity index (χ0v) is 13.2. The molecule has 0 saturated carbocycles. The maximum absolute atomic E-state index is 12.8. The normalized spacial score (nSPS) is 10.5. The molecule has 0 spiro atoms. The number of carbonyl (C=O) groups is 2. The van der Waals surface area contributed by atoms with Crippen LogP contribution in [-0.2, 0) is 4.74 Å². The molecule has 6 heteroatoms. The standard InChI is InChI=1S/C15H13Cl2NO3/c1-7-11(12(8(2)18-7)15(20)21-3)14(19)13-9(16)5-4-6-10(13)17/h4-6,18H,1-3H3. The average Bonchev–Trinajstić information content (AvgIpc) is 2.72. The fourth-order valence-electron chi connectivity index (χ4n) is 2.26. The molecular weight excluding hydrogens is 313 g/mol.